The minimum atomic E-state index is -1.11. The molecule has 3 N–H and O–H groups in total. The van der Waals surface area contributed by atoms with Crippen LogP contribution < -0.4 is 0 Å². The van der Waals surface area contributed by atoms with Crippen molar-refractivity contribution in [1.82, 2.24) is 0 Å². The van der Waals surface area contributed by atoms with Crippen LogP contribution in [0.5, 0.6) is 11.5 Å². The zero-order chi connectivity index (χ0) is 14.2. The van der Waals surface area contributed by atoms with E-state index in [1.54, 1.807) is 0 Å². The molecule has 0 aliphatic heterocycles. The van der Waals surface area contributed by atoms with E-state index in [1.165, 1.54) is 0 Å². The molecule has 0 heterocycles. The molecule has 0 radical (unpaired) electrons. The summed E-state index contributed by atoms with van der Waals surface area (Å²) in [5, 5.41) is 28.2. The van der Waals surface area contributed by atoms with Crippen molar-refractivity contribution in [2.75, 3.05) is 5.75 Å². The second-order valence-corrected chi connectivity index (χ2v) is 4.75. The third-order valence-corrected chi connectivity index (χ3v) is 3.49. The maximum atomic E-state index is 11.7. The molecule has 0 aromatic heterocycles. The van der Waals surface area contributed by atoms with Crippen LogP contribution in [0.2, 0.25) is 0 Å². The number of phenolic OH excluding ortho intramolecular Hbond substituents is 2. The third kappa shape index (κ3) is 2.32. The lowest BCUT2D eigenvalue weighted by Gasteiger charge is -2.15. The van der Waals surface area contributed by atoms with Crippen LogP contribution in [0, 0.1) is 0 Å². The molecule has 0 atom stereocenters. The van der Waals surface area contributed by atoms with Gasteiger partial charge >= 0.3 is 5.97 Å². The van der Waals surface area contributed by atoms with Crippen molar-refractivity contribution in [3.05, 3.63) is 29.3 Å². The Morgan fingerprint density at radius 2 is 1.68 bits per heavy atom. The Bertz CT molecular complexity index is 632. The van der Waals surface area contributed by atoms with Gasteiger partial charge in [0.25, 0.3) is 0 Å². The van der Waals surface area contributed by atoms with Gasteiger partial charge in [-0.2, -0.15) is 0 Å². The largest absolute Gasteiger partial charge is 0.507 e. The maximum absolute atomic E-state index is 11.7. The summed E-state index contributed by atoms with van der Waals surface area (Å²) >= 11 is 0.748. The van der Waals surface area contributed by atoms with E-state index in [1.807, 2.05) is 0 Å². The fourth-order valence-electron chi connectivity index (χ4n) is 1.69. The lowest BCUT2D eigenvalue weighted by Crippen LogP contribution is -2.12. The Balaban J connectivity index is 2.55. The Morgan fingerprint density at radius 3 is 2.26 bits per heavy atom. The predicted octanol–water partition coefficient (Wildman–Crippen LogP) is 1.21. The van der Waals surface area contributed by atoms with Gasteiger partial charge in [0.05, 0.1) is 21.8 Å². The highest BCUT2D eigenvalue weighted by atomic mass is 32.2. The van der Waals surface area contributed by atoms with E-state index in [-0.39, 0.29) is 21.8 Å². The van der Waals surface area contributed by atoms with E-state index in [0.29, 0.717) is 0 Å². The van der Waals surface area contributed by atoms with Crippen LogP contribution in [-0.4, -0.2) is 38.6 Å². The number of aliphatic carboxylic acids is 1. The summed E-state index contributed by atoms with van der Waals surface area (Å²) in [6.07, 6.45) is 2.00. The zero-order valence-electron chi connectivity index (χ0n) is 9.41. The van der Waals surface area contributed by atoms with Crippen molar-refractivity contribution in [3.8, 4) is 11.5 Å². The van der Waals surface area contributed by atoms with Crippen LogP contribution in [0.3, 0.4) is 0 Å². The topological polar surface area (TPSA) is 112 Å². The Morgan fingerprint density at radius 1 is 1.11 bits per heavy atom. The molecular formula is C12H8O6S. The number of carbonyl (C=O) groups excluding carboxylic acids is 2. The lowest BCUT2D eigenvalue weighted by atomic mass is 9.93. The van der Waals surface area contributed by atoms with Crippen LogP contribution in [0.4, 0.5) is 0 Å². The summed E-state index contributed by atoms with van der Waals surface area (Å²) in [6, 6.07) is 1.08. The van der Waals surface area contributed by atoms with Crippen LogP contribution in [0.1, 0.15) is 20.7 Å². The molecule has 0 saturated heterocycles. The van der Waals surface area contributed by atoms with Gasteiger partial charge in [0, 0.05) is 0 Å². The van der Waals surface area contributed by atoms with E-state index in [9.17, 15) is 24.6 Å². The van der Waals surface area contributed by atoms with Crippen LogP contribution in [0.15, 0.2) is 23.1 Å². The molecule has 6 nitrogen and oxygen atoms in total. The molecule has 1 aromatic carbocycles. The average molecular weight is 280 g/mol. The van der Waals surface area contributed by atoms with E-state index in [2.05, 4.69) is 0 Å². The number of carbonyl (C=O) groups is 3. The van der Waals surface area contributed by atoms with Gasteiger partial charge in [-0.1, -0.05) is 0 Å². The summed E-state index contributed by atoms with van der Waals surface area (Å²) in [5.74, 6) is -3.59. The van der Waals surface area contributed by atoms with Gasteiger partial charge < -0.3 is 15.3 Å². The second-order valence-electron chi connectivity index (χ2n) is 3.74. The highest BCUT2D eigenvalue weighted by Gasteiger charge is 2.28. The molecule has 19 heavy (non-hydrogen) atoms. The first kappa shape index (κ1) is 13.2. The molecule has 7 heteroatoms. The van der Waals surface area contributed by atoms with Crippen molar-refractivity contribution < 1.29 is 29.7 Å². The van der Waals surface area contributed by atoms with Crippen molar-refractivity contribution in [1.29, 1.82) is 0 Å². The number of thioether (sulfide) groups is 1. The Hall–Kier alpha value is -2.28. The van der Waals surface area contributed by atoms with Gasteiger partial charge in [-0.15, -0.1) is 11.8 Å². The van der Waals surface area contributed by atoms with Gasteiger partial charge in [0.1, 0.15) is 11.5 Å². The van der Waals surface area contributed by atoms with Crippen LogP contribution in [-0.2, 0) is 4.79 Å². The van der Waals surface area contributed by atoms with Crippen molar-refractivity contribution in [2.24, 2.45) is 0 Å². The Kier molecular flexibility index (Phi) is 3.30. The fraction of sp³-hybridized carbons (Fsp3) is 0.0833. The summed E-state index contributed by atoms with van der Waals surface area (Å²) in [6.45, 7) is 0. The lowest BCUT2D eigenvalue weighted by molar-refractivity contribution is -0.133. The first-order chi connectivity index (χ1) is 8.91. The number of aromatic hydroxyl groups is 2. The second kappa shape index (κ2) is 4.77. The fourth-order valence-corrected chi connectivity index (χ4v) is 2.40. The smallest absolute Gasteiger partial charge is 0.313 e. The number of rotatable bonds is 3. The Labute approximate surface area is 111 Å². The standard InChI is InChI=1S/C12H8O6S/c13-5-1-2-6(14)11-10(5)7(15)3-8(12(11)18)19-4-9(16)17/h1-3,15,18H,4H2,(H,16,17). The summed E-state index contributed by atoms with van der Waals surface area (Å²) in [5.41, 5.74) is -0.551. The SMILES string of the molecule is O=C(O)CSc1cc(O)c2c(c1O)C(=O)C=CC2=O. The minimum Gasteiger partial charge on any atom is -0.507 e. The van der Waals surface area contributed by atoms with Gasteiger partial charge in [-0.25, -0.2) is 0 Å². The normalized spacial score (nSPS) is 13.5. The number of hydrogen-bond donors (Lipinski definition) is 3. The molecule has 0 unspecified atom stereocenters. The van der Waals surface area contributed by atoms with E-state index >= 15 is 0 Å². The first-order valence-electron chi connectivity index (χ1n) is 5.12. The van der Waals surface area contributed by atoms with Crippen molar-refractivity contribution >= 4 is 29.3 Å². The van der Waals surface area contributed by atoms with Gasteiger partial charge in [0.15, 0.2) is 11.6 Å². The van der Waals surface area contributed by atoms with Crippen LogP contribution >= 0.6 is 11.8 Å². The van der Waals surface area contributed by atoms with E-state index in [4.69, 9.17) is 5.11 Å². The first-order valence-corrected chi connectivity index (χ1v) is 6.10. The van der Waals surface area contributed by atoms with Crippen LogP contribution in [0.25, 0.3) is 0 Å². The highest BCUT2D eigenvalue weighted by Crippen LogP contribution is 2.40. The molecule has 98 valence electrons. The molecule has 0 saturated carbocycles. The molecular weight excluding hydrogens is 272 g/mol. The zero-order valence-corrected chi connectivity index (χ0v) is 10.2. The molecule has 1 aliphatic rings. The minimum absolute atomic E-state index is 0.0371. The number of allylic oxidation sites excluding steroid dienone is 2. The number of hydrogen-bond acceptors (Lipinski definition) is 6. The number of carboxylic acids is 1. The average Bonchev–Trinajstić information content (AvgIpc) is 2.34. The number of benzene rings is 1. The van der Waals surface area contributed by atoms with Crippen molar-refractivity contribution in [2.45, 2.75) is 4.90 Å². The molecule has 0 bridgehead atoms. The number of fused-ring (bicyclic) bond motifs is 1. The molecule has 1 aliphatic carbocycles. The van der Waals surface area contributed by atoms with E-state index in [0.717, 1.165) is 30.0 Å². The number of phenols is 2. The third-order valence-electron chi connectivity index (χ3n) is 2.47. The molecule has 0 spiro atoms. The molecule has 2 rings (SSSR count). The highest BCUT2D eigenvalue weighted by molar-refractivity contribution is 8.00. The summed E-state index contributed by atoms with van der Waals surface area (Å²) in [4.78, 5) is 33.7. The summed E-state index contributed by atoms with van der Waals surface area (Å²) < 4.78 is 0. The number of carboxylic acid groups (broad SMARTS) is 1. The predicted molar refractivity (Wildman–Crippen MR) is 65.9 cm³/mol. The quantitative estimate of drug-likeness (QED) is 0.563. The molecule has 1 aromatic rings. The molecule has 0 amide bonds. The van der Waals surface area contributed by atoms with Gasteiger partial charge in [0.2, 0.25) is 0 Å². The van der Waals surface area contributed by atoms with Crippen molar-refractivity contribution in [3.63, 3.8) is 0 Å². The number of ketones is 2. The molecule has 0 fully saturated rings. The summed E-state index contributed by atoms with van der Waals surface area (Å²) in [7, 11) is 0. The van der Waals surface area contributed by atoms with Gasteiger partial charge in [-0.3, -0.25) is 14.4 Å². The maximum Gasteiger partial charge on any atom is 0.313 e. The monoisotopic (exact) mass is 280 g/mol. The van der Waals surface area contributed by atoms with E-state index < -0.39 is 29.0 Å². The van der Waals surface area contributed by atoms with Gasteiger partial charge in [-0.05, 0) is 18.2 Å².